The first-order valence-corrected chi connectivity index (χ1v) is 13.3. The predicted octanol–water partition coefficient (Wildman–Crippen LogP) is 6.72. The molecule has 0 spiro atoms. The number of amides is 1. The van der Waals surface area contributed by atoms with Crippen molar-refractivity contribution in [1.82, 2.24) is 4.90 Å². The highest BCUT2D eigenvalue weighted by atomic mass is 16.6. The Morgan fingerprint density at radius 3 is 2.17 bits per heavy atom. The molecule has 2 aromatic rings. The molecule has 0 N–H and O–H groups in total. The summed E-state index contributed by atoms with van der Waals surface area (Å²) in [6, 6.07) is 17.0. The van der Waals surface area contributed by atoms with Gasteiger partial charge in [-0.15, -0.1) is 5.92 Å². The molecule has 4 heteroatoms. The van der Waals surface area contributed by atoms with Crippen LogP contribution >= 0.6 is 0 Å². The molecule has 0 saturated carbocycles. The largest absolute Gasteiger partial charge is 0.448 e. The van der Waals surface area contributed by atoms with Crippen LogP contribution in [-0.4, -0.2) is 35.5 Å². The Labute approximate surface area is 209 Å². The molecule has 5 rings (SSSR count). The number of piperidine rings is 1. The Balaban J connectivity index is 1.18. The zero-order valence-corrected chi connectivity index (χ0v) is 20.7. The number of hydrogen-bond donors (Lipinski definition) is 0. The Bertz CT molecular complexity index is 1080. The van der Waals surface area contributed by atoms with E-state index in [-0.39, 0.29) is 35.8 Å². The number of ether oxygens (including phenoxy) is 1. The van der Waals surface area contributed by atoms with E-state index in [1.54, 1.807) is 0 Å². The Morgan fingerprint density at radius 2 is 1.54 bits per heavy atom. The number of nitrogens with zero attached hydrogens (tertiary/aromatic N) is 1. The third-order valence-electron chi connectivity index (χ3n) is 8.03. The number of carbonyl (C=O) groups is 2. The SMILES string of the molecule is CCCCCC#CCC(=O)C1CC2CCC(C1)N2C(=O)OCC1c2ccccc2-c2ccccc21. The molecule has 2 fully saturated rings. The van der Waals surface area contributed by atoms with E-state index in [9.17, 15) is 9.59 Å². The van der Waals surface area contributed by atoms with Crippen molar-refractivity contribution >= 4 is 11.9 Å². The van der Waals surface area contributed by atoms with E-state index in [2.05, 4.69) is 67.3 Å². The highest BCUT2D eigenvalue weighted by Gasteiger charge is 2.45. The van der Waals surface area contributed by atoms with Crippen molar-refractivity contribution in [1.29, 1.82) is 0 Å². The summed E-state index contributed by atoms with van der Waals surface area (Å²) in [5.41, 5.74) is 4.92. The van der Waals surface area contributed by atoms with E-state index >= 15 is 0 Å². The molecule has 2 unspecified atom stereocenters. The van der Waals surface area contributed by atoms with Crippen LogP contribution in [0.2, 0.25) is 0 Å². The van der Waals surface area contributed by atoms with Crippen LogP contribution in [0.4, 0.5) is 4.79 Å². The van der Waals surface area contributed by atoms with E-state index in [4.69, 9.17) is 4.74 Å². The Kier molecular flexibility index (Phi) is 7.23. The zero-order valence-electron chi connectivity index (χ0n) is 20.7. The fourth-order valence-corrected chi connectivity index (χ4v) is 6.25. The first-order valence-electron chi connectivity index (χ1n) is 13.3. The molecule has 2 heterocycles. The second-order valence-electron chi connectivity index (χ2n) is 10.2. The topological polar surface area (TPSA) is 46.6 Å². The maximum absolute atomic E-state index is 13.2. The molecule has 3 aliphatic rings. The monoisotopic (exact) mass is 469 g/mol. The van der Waals surface area contributed by atoms with Crippen LogP contribution in [0.25, 0.3) is 11.1 Å². The summed E-state index contributed by atoms with van der Waals surface area (Å²) < 4.78 is 5.95. The minimum absolute atomic E-state index is 0.0232. The number of carbonyl (C=O) groups excluding carboxylic acids is 2. The maximum atomic E-state index is 13.2. The molecule has 2 bridgehead atoms. The third-order valence-corrected chi connectivity index (χ3v) is 8.03. The van der Waals surface area contributed by atoms with Gasteiger partial charge in [0.05, 0.1) is 6.42 Å². The molecular weight excluding hydrogens is 434 g/mol. The lowest BCUT2D eigenvalue weighted by Crippen LogP contribution is -2.48. The van der Waals surface area contributed by atoms with Gasteiger partial charge in [-0.25, -0.2) is 4.79 Å². The number of unbranched alkanes of at least 4 members (excludes halogenated alkanes) is 3. The average Bonchev–Trinajstić information content (AvgIpc) is 3.35. The van der Waals surface area contributed by atoms with Crippen LogP contribution in [0, 0.1) is 17.8 Å². The third kappa shape index (κ3) is 4.87. The second-order valence-corrected chi connectivity index (χ2v) is 10.2. The number of rotatable bonds is 7. The molecule has 35 heavy (non-hydrogen) atoms. The fourth-order valence-electron chi connectivity index (χ4n) is 6.25. The summed E-state index contributed by atoms with van der Waals surface area (Å²) in [6.07, 6.45) is 7.91. The van der Waals surface area contributed by atoms with Crippen molar-refractivity contribution in [2.45, 2.75) is 82.7 Å². The molecule has 1 amide bonds. The summed E-state index contributed by atoms with van der Waals surface area (Å²) in [5.74, 6) is 6.59. The first-order chi connectivity index (χ1) is 17.2. The van der Waals surface area contributed by atoms with Crippen molar-refractivity contribution in [3.05, 3.63) is 59.7 Å². The van der Waals surface area contributed by atoms with Gasteiger partial charge in [-0.05, 0) is 54.4 Å². The van der Waals surface area contributed by atoms with Crippen LogP contribution in [0.1, 0.15) is 81.8 Å². The van der Waals surface area contributed by atoms with Crippen LogP contribution < -0.4 is 0 Å². The lowest BCUT2D eigenvalue weighted by molar-refractivity contribution is -0.124. The van der Waals surface area contributed by atoms with Crippen LogP contribution in [0.3, 0.4) is 0 Å². The Morgan fingerprint density at radius 1 is 0.914 bits per heavy atom. The molecule has 0 aromatic heterocycles. The summed E-state index contributed by atoms with van der Waals surface area (Å²) in [4.78, 5) is 27.9. The molecular formula is C31H35NO3. The molecule has 2 saturated heterocycles. The van der Waals surface area contributed by atoms with Crippen molar-refractivity contribution < 1.29 is 14.3 Å². The standard InChI is InChI=1S/C31H35NO3/c1-2-3-4-5-6-7-16-30(33)22-19-23-17-18-24(20-22)32(23)31(34)35-21-29-27-14-10-8-12-25(27)26-13-9-11-15-28(26)29/h8-15,22-24,29H,2-5,16-21H2,1H3. The minimum Gasteiger partial charge on any atom is -0.448 e. The average molecular weight is 470 g/mol. The van der Waals surface area contributed by atoms with Gasteiger partial charge >= 0.3 is 6.09 Å². The van der Waals surface area contributed by atoms with E-state index < -0.39 is 0 Å². The van der Waals surface area contributed by atoms with Crippen molar-refractivity contribution in [2.24, 2.45) is 5.92 Å². The smallest absolute Gasteiger partial charge is 0.410 e. The molecule has 4 nitrogen and oxygen atoms in total. The number of fused-ring (bicyclic) bond motifs is 5. The maximum Gasteiger partial charge on any atom is 0.410 e. The fraction of sp³-hybridized carbons (Fsp3) is 0.484. The molecule has 2 atom stereocenters. The molecule has 182 valence electrons. The molecule has 2 aliphatic heterocycles. The van der Waals surface area contributed by atoms with Crippen LogP contribution in [-0.2, 0) is 9.53 Å². The summed E-state index contributed by atoms with van der Waals surface area (Å²) in [6.45, 7) is 2.53. The van der Waals surface area contributed by atoms with Gasteiger partial charge < -0.3 is 9.64 Å². The van der Waals surface area contributed by atoms with Crippen molar-refractivity contribution in [3.63, 3.8) is 0 Å². The van der Waals surface area contributed by atoms with Gasteiger partial charge in [0.2, 0.25) is 0 Å². The summed E-state index contributed by atoms with van der Waals surface area (Å²) in [5, 5.41) is 0. The van der Waals surface area contributed by atoms with E-state index in [1.165, 1.54) is 35.1 Å². The normalized spacial score (nSPS) is 22.2. The number of benzene rings is 2. The molecule has 2 aromatic carbocycles. The quantitative estimate of drug-likeness (QED) is 0.334. The van der Waals surface area contributed by atoms with Gasteiger partial charge in [-0.2, -0.15) is 0 Å². The van der Waals surface area contributed by atoms with Gasteiger partial charge in [0, 0.05) is 30.3 Å². The first kappa shape index (κ1) is 23.7. The van der Waals surface area contributed by atoms with Crippen molar-refractivity contribution in [2.75, 3.05) is 6.61 Å². The number of ketones is 1. The molecule has 1 aliphatic carbocycles. The second kappa shape index (κ2) is 10.7. The van der Waals surface area contributed by atoms with Gasteiger partial charge in [0.1, 0.15) is 12.4 Å². The highest BCUT2D eigenvalue weighted by Crippen LogP contribution is 2.45. The Hall–Kier alpha value is -3.06. The van der Waals surface area contributed by atoms with E-state index in [0.717, 1.165) is 38.5 Å². The zero-order chi connectivity index (χ0) is 24.2. The lowest BCUT2D eigenvalue weighted by Gasteiger charge is -2.37. The van der Waals surface area contributed by atoms with Gasteiger partial charge in [0.25, 0.3) is 0 Å². The van der Waals surface area contributed by atoms with Gasteiger partial charge in [0.15, 0.2) is 0 Å². The van der Waals surface area contributed by atoms with Gasteiger partial charge in [-0.3, -0.25) is 4.79 Å². The highest BCUT2D eigenvalue weighted by molar-refractivity contribution is 5.84. The summed E-state index contributed by atoms with van der Waals surface area (Å²) in [7, 11) is 0. The van der Waals surface area contributed by atoms with Crippen LogP contribution in [0.15, 0.2) is 48.5 Å². The number of hydrogen-bond acceptors (Lipinski definition) is 3. The van der Waals surface area contributed by atoms with Gasteiger partial charge in [-0.1, -0.05) is 74.2 Å². The van der Waals surface area contributed by atoms with Crippen LogP contribution in [0.5, 0.6) is 0 Å². The summed E-state index contributed by atoms with van der Waals surface area (Å²) >= 11 is 0. The molecule has 0 radical (unpaired) electrons. The minimum atomic E-state index is -0.221. The van der Waals surface area contributed by atoms with E-state index in [0.29, 0.717) is 13.0 Å². The lowest BCUT2D eigenvalue weighted by atomic mass is 9.86. The van der Waals surface area contributed by atoms with Crippen molar-refractivity contribution in [3.8, 4) is 23.0 Å². The van der Waals surface area contributed by atoms with E-state index in [1.807, 2.05) is 4.90 Å². The predicted molar refractivity (Wildman–Crippen MR) is 138 cm³/mol. The number of Topliss-reactive ketones (excluding diaryl/α,β-unsaturated/α-hetero) is 1.